The molecule has 0 bridgehead atoms. The van der Waals surface area contributed by atoms with Gasteiger partial charge < -0.3 is 5.32 Å². The largest absolute Gasteiger partial charge is 0.319 e. The van der Waals surface area contributed by atoms with Gasteiger partial charge in [0.2, 0.25) is 0 Å². The third kappa shape index (κ3) is 3.13. The third-order valence-electron chi connectivity index (χ3n) is 2.83. The van der Waals surface area contributed by atoms with Crippen molar-refractivity contribution in [2.45, 2.75) is 0 Å². The van der Waals surface area contributed by atoms with E-state index in [0.29, 0.717) is 21.4 Å². The Morgan fingerprint density at radius 1 is 1.23 bits per heavy atom. The van der Waals surface area contributed by atoms with E-state index in [0.717, 1.165) is 0 Å². The van der Waals surface area contributed by atoms with Gasteiger partial charge in [-0.3, -0.25) is 4.79 Å². The average Bonchev–Trinajstić information content (AvgIpc) is 3.00. The van der Waals surface area contributed by atoms with Crippen LogP contribution in [0.3, 0.4) is 0 Å². The van der Waals surface area contributed by atoms with Gasteiger partial charge in [0.05, 0.1) is 11.9 Å². The Hall–Kier alpha value is -2.31. The number of aromatic nitrogens is 2. The highest BCUT2D eigenvalue weighted by Crippen LogP contribution is 2.26. The van der Waals surface area contributed by atoms with Crippen LogP contribution in [0.1, 0.15) is 10.5 Å². The predicted molar refractivity (Wildman–Crippen MR) is 84.7 cm³/mol. The van der Waals surface area contributed by atoms with Crippen molar-refractivity contribution in [3.63, 3.8) is 0 Å². The molecule has 4 nitrogen and oxygen atoms in total. The van der Waals surface area contributed by atoms with Crippen molar-refractivity contribution in [3.8, 4) is 10.6 Å². The van der Waals surface area contributed by atoms with E-state index in [9.17, 15) is 9.18 Å². The Bertz CT molecular complexity index is 820. The number of thiazole rings is 1. The van der Waals surface area contributed by atoms with E-state index in [4.69, 9.17) is 11.6 Å². The van der Waals surface area contributed by atoms with Gasteiger partial charge in [0.1, 0.15) is 21.7 Å². The molecular formula is C15H9ClFN3OS. The molecule has 3 aromatic rings. The van der Waals surface area contributed by atoms with Gasteiger partial charge in [-0.2, -0.15) is 0 Å². The summed E-state index contributed by atoms with van der Waals surface area (Å²) in [5.74, 6) is -0.756. The van der Waals surface area contributed by atoms with E-state index in [-0.39, 0.29) is 17.4 Å². The van der Waals surface area contributed by atoms with Crippen LogP contribution in [0, 0.1) is 5.82 Å². The van der Waals surface area contributed by atoms with Crippen LogP contribution in [-0.4, -0.2) is 15.9 Å². The normalized spacial score (nSPS) is 10.5. The minimum absolute atomic E-state index is 0.221. The quantitative estimate of drug-likeness (QED) is 0.729. The Balaban J connectivity index is 1.80. The molecule has 1 amide bonds. The van der Waals surface area contributed by atoms with E-state index in [2.05, 4.69) is 15.3 Å². The molecule has 1 aromatic carbocycles. The number of carbonyl (C=O) groups excluding carboxylic acids is 1. The summed E-state index contributed by atoms with van der Waals surface area (Å²) < 4.78 is 13.7. The number of benzene rings is 1. The van der Waals surface area contributed by atoms with Crippen LogP contribution >= 0.6 is 22.9 Å². The first-order valence-electron chi connectivity index (χ1n) is 6.27. The number of halogens is 2. The maximum absolute atomic E-state index is 13.7. The van der Waals surface area contributed by atoms with E-state index in [1.807, 2.05) is 0 Å². The number of nitrogens with one attached hydrogen (secondary N) is 1. The molecule has 0 saturated heterocycles. The summed E-state index contributed by atoms with van der Waals surface area (Å²) in [5.41, 5.74) is 1.10. The van der Waals surface area contributed by atoms with Gasteiger partial charge in [-0.1, -0.05) is 23.7 Å². The summed E-state index contributed by atoms with van der Waals surface area (Å²) in [6, 6.07) is 9.52. The fourth-order valence-corrected chi connectivity index (χ4v) is 2.72. The summed E-state index contributed by atoms with van der Waals surface area (Å²) >= 11 is 6.89. The molecule has 0 atom stereocenters. The molecule has 2 heterocycles. The molecular weight excluding hydrogens is 325 g/mol. The number of rotatable bonds is 3. The zero-order valence-electron chi connectivity index (χ0n) is 11.1. The Morgan fingerprint density at radius 2 is 2.05 bits per heavy atom. The topological polar surface area (TPSA) is 54.9 Å². The van der Waals surface area contributed by atoms with Crippen LogP contribution in [0.4, 0.5) is 10.1 Å². The third-order valence-corrected chi connectivity index (χ3v) is 3.93. The van der Waals surface area contributed by atoms with Gasteiger partial charge in [-0.15, -0.1) is 11.3 Å². The lowest BCUT2D eigenvalue weighted by Gasteiger charge is -2.02. The molecule has 0 aliphatic rings. The summed E-state index contributed by atoms with van der Waals surface area (Å²) in [5, 5.41) is 5.04. The molecule has 0 saturated carbocycles. The van der Waals surface area contributed by atoms with Crippen molar-refractivity contribution >= 4 is 34.5 Å². The molecule has 22 heavy (non-hydrogen) atoms. The number of hydrogen-bond donors (Lipinski definition) is 1. The van der Waals surface area contributed by atoms with Crippen molar-refractivity contribution < 1.29 is 9.18 Å². The molecule has 0 fully saturated rings. The predicted octanol–water partition coefficient (Wildman–Crippen LogP) is 4.25. The molecule has 0 unspecified atom stereocenters. The van der Waals surface area contributed by atoms with Crippen molar-refractivity contribution in [2.24, 2.45) is 0 Å². The first kappa shape index (κ1) is 14.6. The van der Waals surface area contributed by atoms with Crippen LogP contribution < -0.4 is 5.32 Å². The first-order chi connectivity index (χ1) is 10.6. The minimum atomic E-state index is -0.386. The molecule has 0 aliphatic carbocycles. The average molecular weight is 334 g/mol. The minimum Gasteiger partial charge on any atom is -0.319 e. The summed E-state index contributed by atoms with van der Waals surface area (Å²) in [7, 11) is 0. The Kier molecular flexibility index (Phi) is 4.13. The lowest BCUT2D eigenvalue weighted by molar-refractivity contribution is 0.102. The number of hydrogen-bond acceptors (Lipinski definition) is 4. The smallest absolute Gasteiger partial charge is 0.275 e. The lowest BCUT2D eigenvalue weighted by atomic mass is 10.2. The van der Waals surface area contributed by atoms with Gasteiger partial charge in [0.25, 0.3) is 5.91 Å². The molecule has 1 N–H and O–H groups in total. The van der Waals surface area contributed by atoms with Gasteiger partial charge in [-0.25, -0.2) is 14.4 Å². The summed E-state index contributed by atoms with van der Waals surface area (Å²) in [6.45, 7) is 0. The van der Waals surface area contributed by atoms with Gasteiger partial charge in [0, 0.05) is 10.9 Å². The molecule has 2 aromatic heterocycles. The second-order valence-corrected chi connectivity index (χ2v) is 5.59. The molecule has 0 spiro atoms. The van der Waals surface area contributed by atoms with E-state index >= 15 is 0 Å². The summed E-state index contributed by atoms with van der Waals surface area (Å²) in [4.78, 5) is 20.2. The van der Waals surface area contributed by atoms with E-state index in [1.165, 1.54) is 23.6 Å². The molecule has 110 valence electrons. The highest BCUT2D eigenvalue weighted by Gasteiger charge is 2.14. The maximum Gasteiger partial charge on any atom is 0.275 e. The zero-order chi connectivity index (χ0) is 15.5. The Morgan fingerprint density at radius 3 is 2.77 bits per heavy atom. The van der Waals surface area contributed by atoms with Gasteiger partial charge in [0.15, 0.2) is 0 Å². The van der Waals surface area contributed by atoms with Crippen molar-refractivity contribution in [3.05, 3.63) is 64.6 Å². The first-order valence-corrected chi connectivity index (χ1v) is 7.52. The van der Waals surface area contributed by atoms with Crippen molar-refractivity contribution in [1.29, 1.82) is 0 Å². The standard InChI is InChI=1S/C15H9ClFN3OS/c16-13-6-5-9(7-18-13)19-14(21)12-8-22-15(20-12)10-3-1-2-4-11(10)17/h1-8H,(H,19,21). The zero-order valence-corrected chi connectivity index (χ0v) is 12.7. The number of carbonyl (C=O) groups is 1. The number of anilines is 1. The highest BCUT2D eigenvalue weighted by atomic mass is 35.5. The SMILES string of the molecule is O=C(Nc1ccc(Cl)nc1)c1csc(-c2ccccc2F)n1. The van der Waals surface area contributed by atoms with Crippen LogP contribution in [0.2, 0.25) is 5.15 Å². The van der Waals surface area contributed by atoms with E-state index < -0.39 is 0 Å². The number of pyridine rings is 1. The maximum atomic E-state index is 13.7. The molecule has 0 radical (unpaired) electrons. The van der Waals surface area contributed by atoms with Crippen LogP contribution in [0.25, 0.3) is 10.6 Å². The van der Waals surface area contributed by atoms with Crippen LogP contribution in [-0.2, 0) is 0 Å². The summed E-state index contributed by atoms with van der Waals surface area (Å²) in [6.07, 6.45) is 1.45. The van der Waals surface area contributed by atoms with Gasteiger partial charge in [-0.05, 0) is 24.3 Å². The second-order valence-electron chi connectivity index (χ2n) is 4.34. The Labute approximate surface area is 134 Å². The number of nitrogens with zero attached hydrogens (tertiary/aromatic N) is 2. The van der Waals surface area contributed by atoms with Crippen LogP contribution in [0.15, 0.2) is 48.0 Å². The lowest BCUT2D eigenvalue weighted by Crippen LogP contribution is -2.12. The number of amides is 1. The molecule has 3 rings (SSSR count). The second kappa shape index (κ2) is 6.21. The molecule has 0 aliphatic heterocycles. The van der Waals surface area contributed by atoms with Gasteiger partial charge >= 0.3 is 0 Å². The highest BCUT2D eigenvalue weighted by molar-refractivity contribution is 7.13. The monoisotopic (exact) mass is 333 g/mol. The van der Waals surface area contributed by atoms with Crippen LogP contribution in [0.5, 0.6) is 0 Å². The van der Waals surface area contributed by atoms with E-state index in [1.54, 1.807) is 35.7 Å². The van der Waals surface area contributed by atoms with Crippen molar-refractivity contribution in [1.82, 2.24) is 9.97 Å². The fraction of sp³-hybridized carbons (Fsp3) is 0. The fourth-order valence-electron chi connectivity index (χ4n) is 1.78. The van der Waals surface area contributed by atoms with Crippen molar-refractivity contribution in [2.75, 3.05) is 5.32 Å². The molecule has 7 heteroatoms.